The molecule has 0 bridgehead atoms. The highest BCUT2D eigenvalue weighted by atomic mass is 35.5. The fourth-order valence-electron chi connectivity index (χ4n) is 4.37. The normalized spacial score (nSPS) is 18.7. The monoisotopic (exact) mass is 501 g/mol. The van der Waals surface area contributed by atoms with Gasteiger partial charge in [-0.1, -0.05) is 35.3 Å². The molecule has 3 N–H and O–H groups in total. The molecule has 0 radical (unpaired) electrons. The first kappa shape index (κ1) is 24.5. The van der Waals surface area contributed by atoms with Gasteiger partial charge in [0.25, 0.3) is 0 Å². The van der Waals surface area contributed by atoms with Crippen LogP contribution < -0.4 is 16.0 Å². The molecule has 1 fully saturated rings. The third kappa shape index (κ3) is 5.90. The second kappa shape index (κ2) is 10.8. The van der Waals surface area contributed by atoms with Gasteiger partial charge in [-0.3, -0.25) is 9.59 Å². The second-order valence-electron chi connectivity index (χ2n) is 8.98. The molecule has 3 heterocycles. The molecular formula is C25H29Cl2N5O2. The van der Waals surface area contributed by atoms with E-state index in [2.05, 4.69) is 27.0 Å². The Balaban J connectivity index is 1.22. The lowest BCUT2D eigenvalue weighted by atomic mass is 9.96. The topological polar surface area (TPSA) is 88.1 Å². The van der Waals surface area contributed by atoms with E-state index in [9.17, 15) is 9.59 Å². The van der Waals surface area contributed by atoms with Crippen LogP contribution in [0.4, 0.5) is 0 Å². The highest BCUT2D eigenvalue weighted by Gasteiger charge is 2.30. The van der Waals surface area contributed by atoms with Crippen molar-refractivity contribution in [1.82, 2.24) is 25.5 Å². The van der Waals surface area contributed by atoms with Gasteiger partial charge in [0.1, 0.15) is 11.7 Å². The maximum atomic E-state index is 12.7. The summed E-state index contributed by atoms with van der Waals surface area (Å²) in [7, 11) is 1.88. The van der Waals surface area contributed by atoms with E-state index in [1.54, 1.807) is 19.3 Å². The number of nitrogens with zero attached hydrogens (tertiary/aromatic N) is 2. The van der Waals surface area contributed by atoms with Crippen LogP contribution in [0.25, 0.3) is 11.0 Å². The lowest BCUT2D eigenvalue weighted by Gasteiger charge is -2.17. The van der Waals surface area contributed by atoms with Crippen molar-refractivity contribution in [2.24, 2.45) is 13.0 Å². The highest BCUT2D eigenvalue weighted by Crippen LogP contribution is 2.24. The number of hydrogen-bond donors (Lipinski definition) is 3. The molecule has 4 rings (SSSR count). The summed E-state index contributed by atoms with van der Waals surface area (Å²) in [6.07, 6.45) is 6.18. The number of hydrogen-bond acceptors (Lipinski definition) is 4. The predicted molar refractivity (Wildman–Crippen MR) is 135 cm³/mol. The highest BCUT2D eigenvalue weighted by molar-refractivity contribution is 6.35. The molecule has 180 valence electrons. The first-order valence-electron chi connectivity index (χ1n) is 11.5. The second-order valence-corrected chi connectivity index (χ2v) is 9.83. The number of carbonyl (C=O) groups is 2. The SMILES string of the molecule is C[C@H](NC(=O)[C@H]1C[C@H](CCc2cccc(Cl)c2)CN1)C(=O)NCc1cnc2c(c1)c(Cl)cn2C. The zero-order valence-electron chi connectivity index (χ0n) is 19.3. The Morgan fingerprint density at radius 2 is 2.09 bits per heavy atom. The van der Waals surface area contributed by atoms with Gasteiger partial charge in [-0.15, -0.1) is 0 Å². The van der Waals surface area contributed by atoms with Crippen LogP contribution in [0.3, 0.4) is 0 Å². The third-order valence-electron chi connectivity index (χ3n) is 6.31. The van der Waals surface area contributed by atoms with Gasteiger partial charge in [0.2, 0.25) is 11.8 Å². The number of halogens is 2. The number of benzene rings is 1. The Labute approximate surface area is 209 Å². The van der Waals surface area contributed by atoms with Gasteiger partial charge >= 0.3 is 0 Å². The smallest absolute Gasteiger partial charge is 0.242 e. The maximum absolute atomic E-state index is 12.7. The Kier molecular flexibility index (Phi) is 7.76. The maximum Gasteiger partial charge on any atom is 0.242 e. The van der Waals surface area contributed by atoms with Crippen molar-refractivity contribution in [2.45, 2.75) is 44.8 Å². The molecule has 1 saturated heterocycles. The summed E-state index contributed by atoms with van der Waals surface area (Å²) in [6.45, 7) is 2.78. The average molecular weight is 502 g/mol. The van der Waals surface area contributed by atoms with E-state index >= 15 is 0 Å². The first-order chi connectivity index (χ1) is 16.3. The average Bonchev–Trinajstić information content (AvgIpc) is 3.40. The summed E-state index contributed by atoms with van der Waals surface area (Å²) in [5.41, 5.74) is 2.83. The van der Waals surface area contributed by atoms with Crippen LogP contribution in [0.15, 0.2) is 42.7 Å². The van der Waals surface area contributed by atoms with Crippen molar-refractivity contribution in [3.63, 3.8) is 0 Å². The van der Waals surface area contributed by atoms with Gasteiger partial charge in [-0.2, -0.15) is 0 Å². The van der Waals surface area contributed by atoms with E-state index in [0.29, 0.717) is 17.5 Å². The molecule has 1 aliphatic rings. The van der Waals surface area contributed by atoms with E-state index < -0.39 is 6.04 Å². The summed E-state index contributed by atoms with van der Waals surface area (Å²) >= 11 is 12.3. The van der Waals surface area contributed by atoms with E-state index in [0.717, 1.165) is 47.4 Å². The lowest BCUT2D eigenvalue weighted by molar-refractivity contribution is -0.129. The standard InChI is InChI=1S/C25H29Cl2N5O2/c1-15(24(33)30-13-18-9-20-21(27)14-32(2)23(20)29-12-18)31-25(34)22-10-17(11-28-22)7-6-16-4-3-5-19(26)8-16/h3-5,8-9,12,14-15,17,22,28H,6-7,10-11,13H2,1-2H3,(H,30,33)(H,31,34)/t15-,17-,22+/m0/s1. The minimum atomic E-state index is -0.642. The Morgan fingerprint density at radius 1 is 1.26 bits per heavy atom. The molecule has 0 aliphatic carbocycles. The van der Waals surface area contributed by atoms with E-state index in [1.807, 2.05) is 35.9 Å². The van der Waals surface area contributed by atoms with Crippen LogP contribution in [0.2, 0.25) is 10.0 Å². The first-order valence-corrected chi connectivity index (χ1v) is 12.2. The molecule has 34 heavy (non-hydrogen) atoms. The zero-order chi connectivity index (χ0) is 24.2. The summed E-state index contributed by atoms with van der Waals surface area (Å²) in [5, 5.41) is 11.2. The molecule has 2 amide bonds. The molecule has 1 aliphatic heterocycles. The van der Waals surface area contributed by atoms with Crippen LogP contribution >= 0.6 is 23.2 Å². The molecule has 9 heteroatoms. The summed E-state index contributed by atoms with van der Waals surface area (Å²) in [4.78, 5) is 29.6. The molecule has 3 atom stereocenters. The van der Waals surface area contributed by atoms with Gasteiger partial charge in [0, 0.05) is 36.4 Å². The Hall–Kier alpha value is -2.61. The van der Waals surface area contributed by atoms with Crippen LogP contribution in [-0.2, 0) is 29.6 Å². The quantitative estimate of drug-likeness (QED) is 0.439. The van der Waals surface area contributed by atoms with Crippen LogP contribution in [0.5, 0.6) is 0 Å². The zero-order valence-corrected chi connectivity index (χ0v) is 20.8. The molecule has 3 aromatic rings. The van der Waals surface area contributed by atoms with Crippen molar-refractivity contribution in [3.8, 4) is 0 Å². The number of aryl methyl sites for hydroxylation is 2. The van der Waals surface area contributed by atoms with Crippen molar-refractivity contribution >= 4 is 46.0 Å². The molecule has 1 aromatic carbocycles. The molecule has 7 nitrogen and oxygen atoms in total. The summed E-state index contributed by atoms with van der Waals surface area (Å²) in [6, 6.07) is 8.87. The minimum absolute atomic E-state index is 0.146. The van der Waals surface area contributed by atoms with Gasteiger partial charge in [0.15, 0.2) is 0 Å². The number of rotatable bonds is 8. The molecule has 0 spiro atoms. The number of pyridine rings is 1. The Morgan fingerprint density at radius 3 is 2.88 bits per heavy atom. The predicted octanol–water partition coefficient (Wildman–Crippen LogP) is 3.61. The molecular weight excluding hydrogens is 473 g/mol. The van der Waals surface area contributed by atoms with Crippen LogP contribution in [0.1, 0.15) is 30.9 Å². The van der Waals surface area contributed by atoms with Crippen LogP contribution in [0, 0.1) is 5.92 Å². The van der Waals surface area contributed by atoms with Crippen molar-refractivity contribution in [1.29, 1.82) is 0 Å². The largest absolute Gasteiger partial charge is 0.350 e. The number of amides is 2. The minimum Gasteiger partial charge on any atom is -0.350 e. The summed E-state index contributed by atoms with van der Waals surface area (Å²) in [5.74, 6) is 0.0151. The van der Waals surface area contributed by atoms with E-state index in [-0.39, 0.29) is 17.9 Å². The van der Waals surface area contributed by atoms with Gasteiger partial charge in [-0.05, 0) is 68.0 Å². The summed E-state index contributed by atoms with van der Waals surface area (Å²) < 4.78 is 1.86. The fourth-order valence-corrected chi connectivity index (χ4v) is 4.87. The van der Waals surface area contributed by atoms with Gasteiger partial charge in [-0.25, -0.2) is 4.98 Å². The van der Waals surface area contributed by atoms with Gasteiger partial charge in [0.05, 0.1) is 11.1 Å². The third-order valence-corrected chi connectivity index (χ3v) is 6.85. The molecule has 0 saturated carbocycles. The fraction of sp³-hybridized carbons (Fsp3) is 0.400. The number of nitrogens with one attached hydrogen (secondary N) is 3. The Bertz CT molecular complexity index is 1200. The lowest BCUT2D eigenvalue weighted by Crippen LogP contribution is -2.49. The van der Waals surface area contributed by atoms with Crippen molar-refractivity contribution in [2.75, 3.05) is 6.54 Å². The van der Waals surface area contributed by atoms with Gasteiger partial charge < -0.3 is 20.5 Å². The van der Waals surface area contributed by atoms with Crippen LogP contribution in [-0.4, -0.2) is 40.0 Å². The van der Waals surface area contributed by atoms with Crippen molar-refractivity contribution in [3.05, 3.63) is 63.9 Å². The number of carbonyl (C=O) groups excluding carboxylic acids is 2. The number of aromatic nitrogens is 2. The van der Waals surface area contributed by atoms with Crippen molar-refractivity contribution < 1.29 is 9.59 Å². The molecule has 0 unspecified atom stereocenters. The number of fused-ring (bicyclic) bond motifs is 1. The van der Waals surface area contributed by atoms with E-state index in [1.165, 1.54) is 5.56 Å². The molecule has 2 aromatic heterocycles. The van der Waals surface area contributed by atoms with E-state index in [4.69, 9.17) is 23.2 Å².